The molecule has 10 N–H and O–H groups in total. The highest BCUT2D eigenvalue weighted by Gasteiger charge is 2.53. The van der Waals surface area contributed by atoms with E-state index in [0.29, 0.717) is 19.5 Å². The van der Waals surface area contributed by atoms with Gasteiger partial charge in [0.25, 0.3) is 0 Å². The molecule has 2 aromatic carbocycles. The Morgan fingerprint density at radius 1 is 0.561 bits per heavy atom. The van der Waals surface area contributed by atoms with Crippen molar-refractivity contribution in [3.05, 3.63) is 71.8 Å². The molecule has 0 aromatic heterocycles. The van der Waals surface area contributed by atoms with Crippen LogP contribution in [-0.4, -0.2) is 281 Å². The van der Waals surface area contributed by atoms with E-state index in [1.165, 1.54) is 39.6 Å². The lowest BCUT2D eigenvalue weighted by Gasteiger charge is -2.47. The third-order valence-corrected chi connectivity index (χ3v) is 23.1. The van der Waals surface area contributed by atoms with Crippen LogP contribution in [0.5, 0.6) is 0 Å². The van der Waals surface area contributed by atoms with Gasteiger partial charge >= 0.3 is 23.9 Å². The first-order valence-electron chi connectivity index (χ1n) is 38.5. The number of benzene rings is 2. The summed E-state index contributed by atoms with van der Waals surface area (Å²) in [6.45, 7) is 27.8. The molecule has 1 amide bonds. The standard InChI is InChI=1S/C50H76N2O14.C30H58N2O9/c1-11-39-50(8,61)44(57)34(6)51(9)27-30(2)26-49(7,60)45(32(4)42(55)33(5)46(58)65-39)66-48-43(56)38(24-31(3)64-48)52(10)40(53)23-22-37(47(59)63-29-36-20-16-13-17-21-36)25-41(54)62-28-35-18-14-12-15-19-35;1-12-22-30(8,38)25(35)20(6)32(11)15-16(2)14-29(7,37)26(18(4)23(33)19(5)27(36)40-22)41-28-24(34)21(31(9)10)13-17(3)39-28/h12-21,30-34,37-39,42-45,48,55-57,60-61H,11,22-29H2,1-10H3;16-26,28,33-35,37-38H,12-15H2,1-11H3/t30-,31-,32+,33-,34-,37+,38+,39-,42+,43-,44-,45-,48+,49-,50-;16-,17-,18+,19-,20-,21+,22-,23+,24-,25-,26-,28+,29-,30-/m11/s1. The Morgan fingerprint density at radius 2 is 0.935 bits per heavy atom. The molecular formula is C80H134N4O23. The fourth-order valence-corrected chi connectivity index (χ4v) is 16.2. The van der Waals surface area contributed by atoms with Crippen molar-refractivity contribution >= 4 is 29.8 Å². The van der Waals surface area contributed by atoms with Crippen molar-refractivity contribution in [3.63, 3.8) is 0 Å². The van der Waals surface area contributed by atoms with Crippen LogP contribution in [0, 0.1) is 41.4 Å². The van der Waals surface area contributed by atoms with Gasteiger partial charge < -0.3 is 109 Å². The number of esters is 4. The van der Waals surface area contributed by atoms with Crippen molar-refractivity contribution in [1.82, 2.24) is 19.6 Å². The minimum absolute atomic E-state index is 0.0139. The van der Waals surface area contributed by atoms with Crippen molar-refractivity contribution in [3.8, 4) is 0 Å². The summed E-state index contributed by atoms with van der Waals surface area (Å²) < 4.78 is 47.6. The number of aliphatic hydroxyl groups excluding tert-OH is 6. The first kappa shape index (κ1) is 92.7. The van der Waals surface area contributed by atoms with Crippen molar-refractivity contribution in [1.29, 1.82) is 0 Å². The molecule has 4 aliphatic rings. The molecule has 4 fully saturated rings. The Bertz CT molecular complexity index is 3060. The summed E-state index contributed by atoms with van der Waals surface area (Å²) in [5.74, 6) is -8.57. The molecule has 0 bridgehead atoms. The van der Waals surface area contributed by atoms with Crippen LogP contribution in [0.3, 0.4) is 0 Å². The van der Waals surface area contributed by atoms with Crippen LogP contribution in [0.1, 0.15) is 180 Å². The molecule has 2 aromatic rings. The number of ether oxygens (including phenoxy) is 8. The van der Waals surface area contributed by atoms with Gasteiger partial charge in [0.05, 0.1) is 78.0 Å². The van der Waals surface area contributed by atoms with Gasteiger partial charge in [-0.25, -0.2) is 0 Å². The van der Waals surface area contributed by atoms with Gasteiger partial charge in [-0.2, -0.15) is 0 Å². The van der Waals surface area contributed by atoms with E-state index in [4.69, 9.17) is 37.9 Å². The molecule has 612 valence electrons. The number of nitrogens with zero attached hydrogens (tertiary/aromatic N) is 4. The highest BCUT2D eigenvalue weighted by atomic mass is 16.7. The van der Waals surface area contributed by atoms with Gasteiger partial charge in [-0.05, 0) is 165 Å². The molecule has 107 heavy (non-hydrogen) atoms. The van der Waals surface area contributed by atoms with E-state index in [1.807, 2.05) is 105 Å². The van der Waals surface area contributed by atoms with Gasteiger partial charge in [-0.15, -0.1) is 0 Å². The quantitative estimate of drug-likeness (QED) is 0.0683. The number of carbonyl (C=O) groups excluding carboxylic acids is 5. The second kappa shape index (κ2) is 40.5. The van der Waals surface area contributed by atoms with Gasteiger partial charge in [0, 0.05) is 56.5 Å². The second-order valence-corrected chi connectivity index (χ2v) is 33.0. The van der Waals surface area contributed by atoms with E-state index in [-0.39, 0.29) is 88.6 Å². The third kappa shape index (κ3) is 24.8. The summed E-state index contributed by atoms with van der Waals surface area (Å²) in [4.78, 5) is 74.4. The van der Waals surface area contributed by atoms with Gasteiger partial charge in [0.15, 0.2) is 12.6 Å². The number of hydrogen-bond acceptors (Lipinski definition) is 26. The maximum absolute atomic E-state index is 14.0. The van der Waals surface area contributed by atoms with Crippen LogP contribution in [0.15, 0.2) is 60.7 Å². The van der Waals surface area contributed by atoms with Crippen molar-refractivity contribution < 1.29 is 113 Å². The molecule has 29 atom stereocenters. The van der Waals surface area contributed by atoms with Crippen LogP contribution >= 0.6 is 0 Å². The Morgan fingerprint density at radius 3 is 1.32 bits per heavy atom. The highest BCUT2D eigenvalue weighted by Crippen LogP contribution is 2.40. The average molecular weight is 1520 g/mol. The molecule has 27 heteroatoms. The van der Waals surface area contributed by atoms with E-state index in [1.54, 1.807) is 81.5 Å². The predicted octanol–water partition coefficient (Wildman–Crippen LogP) is 5.12. The number of amides is 1. The fourth-order valence-electron chi connectivity index (χ4n) is 16.2. The topological polar surface area (TPSA) is 374 Å². The third-order valence-electron chi connectivity index (χ3n) is 23.1. The van der Waals surface area contributed by atoms with E-state index < -0.39 is 180 Å². The lowest BCUT2D eigenvalue weighted by Crippen LogP contribution is -2.60. The number of likely N-dealkylation sites (N-methyl/N-ethyl adjacent to an activating group) is 4. The van der Waals surface area contributed by atoms with Crippen molar-refractivity contribution in [2.45, 2.75) is 314 Å². The predicted molar refractivity (Wildman–Crippen MR) is 399 cm³/mol. The molecule has 0 unspecified atom stereocenters. The molecular weight excluding hydrogens is 1380 g/mol. The largest absolute Gasteiger partial charge is 0.461 e. The van der Waals surface area contributed by atoms with Gasteiger partial charge in [-0.1, -0.05) is 102 Å². The number of cyclic esters (lactones) is 2. The first-order chi connectivity index (χ1) is 49.7. The van der Waals surface area contributed by atoms with Crippen molar-refractivity contribution in [2.75, 3.05) is 48.3 Å². The molecule has 0 saturated carbocycles. The maximum Gasteiger partial charge on any atom is 0.311 e. The van der Waals surface area contributed by atoms with E-state index in [2.05, 4.69) is 0 Å². The monoisotopic (exact) mass is 1520 g/mol. The summed E-state index contributed by atoms with van der Waals surface area (Å²) in [6.07, 6.45) is -14.3. The Balaban J connectivity index is 0.000000429. The summed E-state index contributed by atoms with van der Waals surface area (Å²) >= 11 is 0. The molecule has 27 nitrogen and oxygen atoms in total. The minimum atomic E-state index is -1.84. The number of aliphatic hydroxyl groups is 10. The highest BCUT2D eigenvalue weighted by molar-refractivity contribution is 5.82. The van der Waals surface area contributed by atoms with Crippen LogP contribution in [0.4, 0.5) is 0 Å². The van der Waals surface area contributed by atoms with Gasteiger partial charge in [-0.3, -0.25) is 24.0 Å². The van der Waals surface area contributed by atoms with Gasteiger partial charge in [0.2, 0.25) is 5.91 Å². The maximum atomic E-state index is 14.0. The van der Waals surface area contributed by atoms with Crippen molar-refractivity contribution in [2.24, 2.45) is 41.4 Å². The Labute approximate surface area is 635 Å². The van der Waals surface area contributed by atoms with Gasteiger partial charge in [0.1, 0.15) is 61.0 Å². The second-order valence-electron chi connectivity index (χ2n) is 33.0. The van der Waals surface area contributed by atoms with Crippen LogP contribution in [-0.2, 0) is 75.1 Å². The normalized spacial score (nSPS) is 39.8. The lowest BCUT2D eigenvalue weighted by molar-refractivity contribution is -0.299. The SMILES string of the molecule is CC[C@H]1OC(=O)[C@H](C)[C@@H](O)[C@H](C)[C@@H](O[C@@H]2O[C@H](C)C[C@H](N(C)C(=O)CC[C@@H](CC(=O)OCc3ccccc3)C(=O)OCc3ccccc3)[C@H]2O)[C@](C)(O)C[C@@H](C)CN(C)[C@H](C)[C@@H](O)[C@]1(C)O.CC[C@H]1OC(=O)[C@H](C)[C@@H](O)[C@H](C)[C@@H](O[C@@H]2O[C@H](C)C[C@H](N(C)C)[C@H]2O)[C@](C)(O)C[C@@H](C)CN(C)[C@H](C)[C@@H](O)[C@]1(C)O. The molecule has 0 radical (unpaired) electrons. The van der Waals surface area contributed by atoms with Crippen LogP contribution in [0.25, 0.3) is 0 Å². The molecule has 4 saturated heterocycles. The van der Waals surface area contributed by atoms with Crippen LogP contribution in [0.2, 0.25) is 0 Å². The Hall–Kier alpha value is -4.89. The van der Waals surface area contributed by atoms with E-state index >= 15 is 0 Å². The fraction of sp³-hybridized carbons (Fsp3) is 0.787. The molecule has 0 spiro atoms. The minimum Gasteiger partial charge on any atom is -0.461 e. The van der Waals surface area contributed by atoms with E-state index in [9.17, 15) is 75.0 Å². The first-order valence-corrected chi connectivity index (χ1v) is 38.5. The number of carbonyl (C=O) groups is 5. The Kier molecular flexibility index (Phi) is 35.1. The molecule has 6 rings (SSSR count). The molecule has 4 heterocycles. The zero-order chi connectivity index (χ0) is 80.7. The van der Waals surface area contributed by atoms with E-state index in [0.717, 1.165) is 11.1 Å². The molecule has 4 aliphatic heterocycles. The molecule has 0 aliphatic carbocycles. The zero-order valence-electron chi connectivity index (χ0n) is 67.5. The lowest BCUT2D eigenvalue weighted by atomic mass is 9.78. The summed E-state index contributed by atoms with van der Waals surface area (Å²) in [5.41, 5.74) is -5.25. The number of rotatable bonds is 18. The number of hydrogen-bond donors (Lipinski definition) is 10. The summed E-state index contributed by atoms with van der Waals surface area (Å²) in [7, 11) is 8.89. The summed E-state index contributed by atoms with van der Waals surface area (Å²) in [5, 5.41) is 116. The zero-order valence-corrected chi connectivity index (χ0v) is 67.5. The van der Waals surface area contributed by atoms with Crippen LogP contribution < -0.4 is 0 Å². The smallest absolute Gasteiger partial charge is 0.311 e. The average Bonchev–Trinajstić information content (AvgIpc) is 1.71. The summed E-state index contributed by atoms with van der Waals surface area (Å²) in [6, 6.07) is 16.0.